The summed E-state index contributed by atoms with van der Waals surface area (Å²) in [6.07, 6.45) is 10.4. The van der Waals surface area contributed by atoms with E-state index in [4.69, 9.17) is 4.74 Å². The van der Waals surface area contributed by atoms with Gasteiger partial charge in [-0.1, -0.05) is 30.4 Å². The first-order valence-corrected chi connectivity index (χ1v) is 10.6. The fraction of sp³-hybridized carbons (Fsp3) is 0.500. The fourth-order valence-corrected chi connectivity index (χ4v) is 4.48. The Morgan fingerprint density at radius 2 is 2.18 bits per heavy atom. The minimum atomic E-state index is -0.139. The maximum Gasteiger partial charge on any atom is 0.280 e. The molecule has 0 bridgehead atoms. The highest BCUT2D eigenvalue weighted by atomic mass is 32.1. The molecule has 2 aromatic heterocycles. The fourth-order valence-electron chi connectivity index (χ4n) is 3.67. The zero-order valence-electron chi connectivity index (χ0n) is 16.2. The molecule has 0 radical (unpaired) electrons. The highest BCUT2D eigenvalue weighted by molar-refractivity contribution is 7.19. The molecule has 0 aromatic carbocycles. The first-order chi connectivity index (χ1) is 13.7. The van der Waals surface area contributed by atoms with Crippen molar-refractivity contribution in [3.05, 3.63) is 35.3 Å². The number of amides is 1. The number of carbonyl (C=O) groups excluding carboxylic acids is 1. The smallest absolute Gasteiger partial charge is 0.280 e. The molecule has 0 spiro atoms. The molecular formula is C20H25N5O2S. The van der Waals surface area contributed by atoms with Crippen molar-refractivity contribution in [2.24, 2.45) is 5.92 Å². The number of fused-ring (bicyclic) bond motifs is 1. The molecule has 1 N–H and O–H groups in total. The van der Waals surface area contributed by atoms with Gasteiger partial charge in [0, 0.05) is 31.5 Å². The van der Waals surface area contributed by atoms with Gasteiger partial charge in [-0.3, -0.25) is 4.79 Å². The van der Waals surface area contributed by atoms with E-state index in [1.165, 1.54) is 17.0 Å². The number of nitrogens with one attached hydrogen (secondary N) is 1. The lowest BCUT2D eigenvalue weighted by Gasteiger charge is -2.22. The van der Waals surface area contributed by atoms with Crippen molar-refractivity contribution < 1.29 is 9.53 Å². The third-order valence-electron chi connectivity index (χ3n) is 5.06. The van der Waals surface area contributed by atoms with Crippen LogP contribution in [0.15, 0.2) is 30.3 Å². The number of anilines is 1. The van der Waals surface area contributed by atoms with Gasteiger partial charge in [0.25, 0.3) is 5.91 Å². The van der Waals surface area contributed by atoms with Crippen molar-refractivity contribution in [2.75, 3.05) is 24.7 Å². The molecule has 0 aliphatic carbocycles. The summed E-state index contributed by atoms with van der Waals surface area (Å²) in [5, 5.41) is 3.51. The Morgan fingerprint density at radius 1 is 1.36 bits per heavy atom. The molecule has 1 amide bonds. The van der Waals surface area contributed by atoms with E-state index in [-0.39, 0.29) is 11.9 Å². The molecule has 0 saturated carbocycles. The van der Waals surface area contributed by atoms with E-state index in [0.29, 0.717) is 29.7 Å². The van der Waals surface area contributed by atoms with Crippen LogP contribution in [-0.2, 0) is 4.74 Å². The van der Waals surface area contributed by atoms with Crippen molar-refractivity contribution in [3.8, 4) is 0 Å². The van der Waals surface area contributed by atoms with Crippen LogP contribution >= 0.6 is 11.3 Å². The molecule has 2 aliphatic rings. The normalized spacial score (nSPS) is 22.6. The van der Waals surface area contributed by atoms with Crippen LogP contribution in [-0.4, -0.2) is 46.7 Å². The molecule has 1 unspecified atom stereocenters. The van der Waals surface area contributed by atoms with Crippen LogP contribution in [0, 0.1) is 5.92 Å². The average Bonchev–Trinajstić information content (AvgIpc) is 3.30. The molecular weight excluding hydrogens is 374 g/mol. The number of hydrogen-bond acceptors (Lipinski definition) is 7. The molecule has 1 atom stereocenters. The Labute approximate surface area is 168 Å². The van der Waals surface area contributed by atoms with Crippen LogP contribution in [0.2, 0.25) is 0 Å². The van der Waals surface area contributed by atoms with Crippen LogP contribution < -0.4 is 10.2 Å². The predicted molar refractivity (Wildman–Crippen MR) is 111 cm³/mol. The van der Waals surface area contributed by atoms with Gasteiger partial charge in [-0.05, 0) is 38.2 Å². The van der Waals surface area contributed by atoms with E-state index in [0.717, 1.165) is 36.5 Å². The Kier molecular flexibility index (Phi) is 5.68. The van der Waals surface area contributed by atoms with Gasteiger partial charge in [0.2, 0.25) is 0 Å². The molecule has 8 heteroatoms. The van der Waals surface area contributed by atoms with Gasteiger partial charge >= 0.3 is 0 Å². The highest BCUT2D eigenvalue weighted by Gasteiger charge is 2.28. The highest BCUT2D eigenvalue weighted by Crippen LogP contribution is 2.35. The van der Waals surface area contributed by atoms with Gasteiger partial charge in [-0.15, -0.1) is 0 Å². The monoisotopic (exact) mass is 399 g/mol. The molecule has 4 rings (SSSR count). The lowest BCUT2D eigenvalue weighted by molar-refractivity contribution is 0.0696. The van der Waals surface area contributed by atoms with Gasteiger partial charge < -0.3 is 15.0 Å². The van der Waals surface area contributed by atoms with Crippen molar-refractivity contribution in [3.63, 3.8) is 0 Å². The summed E-state index contributed by atoms with van der Waals surface area (Å²) in [5.74, 6) is 1.18. The lowest BCUT2D eigenvalue weighted by Crippen LogP contribution is -2.38. The SMILES string of the molecule is C/C=C\C=C1/CC(C)CN1c1ncnc2sc(C(=O)NC3CCOCC3)nc12. The number of rotatable bonds is 4. The van der Waals surface area contributed by atoms with Gasteiger partial charge in [0.05, 0.1) is 0 Å². The summed E-state index contributed by atoms with van der Waals surface area (Å²) >= 11 is 1.32. The first kappa shape index (κ1) is 19.0. The number of carbonyl (C=O) groups is 1. The van der Waals surface area contributed by atoms with E-state index in [2.05, 4.69) is 38.2 Å². The van der Waals surface area contributed by atoms with Gasteiger partial charge in [-0.2, -0.15) is 0 Å². The molecule has 2 aliphatic heterocycles. The topological polar surface area (TPSA) is 80.2 Å². The van der Waals surface area contributed by atoms with Crippen LogP contribution in [0.1, 0.15) is 42.9 Å². The average molecular weight is 400 g/mol. The number of aromatic nitrogens is 3. The van der Waals surface area contributed by atoms with Crippen LogP contribution in [0.3, 0.4) is 0 Å². The number of nitrogens with zero attached hydrogens (tertiary/aromatic N) is 4. The summed E-state index contributed by atoms with van der Waals surface area (Å²) in [7, 11) is 0. The van der Waals surface area contributed by atoms with E-state index in [1.54, 1.807) is 6.33 Å². The first-order valence-electron chi connectivity index (χ1n) is 9.75. The van der Waals surface area contributed by atoms with Gasteiger partial charge in [-0.25, -0.2) is 15.0 Å². The second-order valence-corrected chi connectivity index (χ2v) is 8.31. The van der Waals surface area contributed by atoms with Crippen LogP contribution in [0.5, 0.6) is 0 Å². The maximum atomic E-state index is 12.7. The number of allylic oxidation sites excluding steroid dienone is 4. The molecule has 2 fully saturated rings. The zero-order chi connectivity index (χ0) is 19.5. The summed E-state index contributed by atoms with van der Waals surface area (Å²) < 4.78 is 5.36. The summed E-state index contributed by atoms with van der Waals surface area (Å²) in [6, 6.07) is 0.147. The van der Waals surface area contributed by atoms with Gasteiger partial charge in [0.15, 0.2) is 10.8 Å². The van der Waals surface area contributed by atoms with Crippen molar-refractivity contribution in [1.82, 2.24) is 20.3 Å². The molecule has 7 nitrogen and oxygen atoms in total. The van der Waals surface area contributed by atoms with Crippen molar-refractivity contribution in [1.29, 1.82) is 0 Å². The Balaban J connectivity index is 1.62. The largest absolute Gasteiger partial charge is 0.381 e. The Morgan fingerprint density at radius 3 is 2.96 bits per heavy atom. The van der Waals surface area contributed by atoms with Gasteiger partial charge in [0.1, 0.15) is 16.7 Å². The van der Waals surface area contributed by atoms with Crippen LogP contribution in [0.4, 0.5) is 5.82 Å². The van der Waals surface area contributed by atoms with E-state index >= 15 is 0 Å². The lowest BCUT2D eigenvalue weighted by atomic mass is 10.1. The third kappa shape index (κ3) is 3.93. The van der Waals surface area contributed by atoms with E-state index < -0.39 is 0 Å². The number of hydrogen-bond donors (Lipinski definition) is 1. The Hall–Kier alpha value is -2.32. The zero-order valence-corrected chi connectivity index (χ0v) is 17.0. The summed E-state index contributed by atoms with van der Waals surface area (Å²) in [6.45, 7) is 6.50. The number of ether oxygens (including phenoxy) is 1. The van der Waals surface area contributed by atoms with E-state index in [9.17, 15) is 4.79 Å². The number of thiazole rings is 1. The molecule has 2 aromatic rings. The van der Waals surface area contributed by atoms with Crippen molar-refractivity contribution in [2.45, 2.75) is 39.2 Å². The summed E-state index contributed by atoms with van der Waals surface area (Å²) in [4.78, 5) is 29.1. The quantitative estimate of drug-likeness (QED) is 0.850. The minimum absolute atomic E-state index is 0.139. The van der Waals surface area contributed by atoms with E-state index in [1.807, 2.05) is 19.1 Å². The minimum Gasteiger partial charge on any atom is -0.381 e. The second kappa shape index (κ2) is 8.36. The standard InChI is InChI=1S/C20H25N5O2S/c1-3-4-5-15-10-13(2)11-25(15)17-16-19(22-12-21-17)28-20(24-16)18(26)23-14-6-8-27-9-7-14/h3-5,12-14H,6-11H2,1-2H3,(H,23,26)/b4-3-,15-5+. The second-order valence-electron chi connectivity index (χ2n) is 7.33. The molecule has 2 saturated heterocycles. The molecule has 4 heterocycles. The van der Waals surface area contributed by atoms with Crippen LogP contribution in [0.25, 0.3) is 10.3 Å². The third-order valence-corrected chi connectivity index (χ3v) is 6.02. The molecule has 28 heavy (non-hydrogen) atoms. The maximum absolute atomic E-state index is 12.7. The molecule has 148 valence electrons. The van der Waals surface area contributed by atoms with Crippen molar-refractivity contribution >= 4 is 33.4 Å². The predicted octanol–water partition coefficient (Wildman–Crippen LogP) is 3.30. The summed E-state index contributed by atoms with van der Waals surface area (Å²) in [5.41, 5.74) is 1.91. The Bertz CT molecular complexity index is 916.